The fraction of sp³-hybridized carbons (Fsp3) is 0.474. The van der Waals surface area contributed by atoms with E-state index in [0.29, 0.717) is 31.6 Å². The maximum Gasteiger partial charge on any atom is 0.263 e. The molecule has 0 radical (unpaired) electrons. The minimum absolute atomic E-state index is 0.0236. The minimum Gasteiger partial charge on any atom is -0.347 e. The molecule has 9 heteroatoms. The molecular formula is C19H25N5O3S. The van der Waals surface area contributed by atoms with Crippen LogP contribution in [0.3, 0.4) is 0 Å². The fourth-order valence-electron chi connectivity index (χ4n) is 3.35. The molecule has 1 saturated heterocycles. The lowest BCUT2D eigenvalue weighted by atomic mass is 9.96. The molecule has 3 rings (SSSR count). The van der Waals surface area contributed by atoms with Gasteiger partial charge < -0.3 is 15.5 Å². The number of nitrogens with one attached hydrogen (secondary N) is 2. The van der Waals surface area contributed by atoms with Crippen molar-refractivity contribution < 1.29 is 14.4 Å². The second-order valence-corrected chi connectivity index (χ2v) is 7.93. The molecule has 0 atom stereocenters. The third kappa shape index (κ3) is 4.41. The molecule has 1 aliphatic rings. The average Bonchev–Trinajstić information content (AvgIpc) is 3.30. The molecule has 28 heavy (non-hydrogen) atoms. The predicted octanol–water partition coefficient (Wildman–Crippen LogP) is 1.71. The fourth-order valence-corrected chi connectivity index (χ4v) is 4.04. The smallest absolute Gasteiger partial charge is 0.263 e. The van der Waals surface area contributed by atoms with Crippen LogP contribution in [-0.2, 0) is 16.6 Å². The molecule has 2 N–H and O–H groups in total. The lowest BCUT2D eigenvalue weighted by molar-refractivity contribution is -0.128. The number of hydrogen-bond donors (Lipinski definition) is 2. The quantitative estimate of drug-likeness (QED) is 0.794. The summed E-state index contributed by atoms with van der Waals surface area (Å²) in [6.07, 6.45) is 1.21. The SMILES string of the molecule is Cc1nn(C)c(C)c1NC(=O)CNC(=O)C1CCN(C(=O)c2cccs2)CC1. The molecular weight excluding hydrogens is 378 g/mol. The molecule has 1 aliphatic heterocycles. The molecule has 1 fully saturated rings. The molecule has 3 amide bonds. The first-order valence-electron chi connectivity index (χ1n) is 9.27. The van der Waals surface area contributed by atoms with Gasteiger partial charge in [0.1, 0.15) is 0 Å². The summed E-state index contributed by atoms with van der Waals surface area (Å²) in [6.45, 7) is 4.72. The standard InChI is InChI=1S/C19H25N5O3S/c1-12-17(13(2)23(3)22-12)21-16(25)11-20-18(26)14-6-8-24(9-7-14)19(27)15-5-4-10-28-15/h4-5,10,14H,6-9,11H2,1-3H3,(H,20,26)(H,21,25). The molecule has 3 heterocycles. The maximum atomic E-state index is 12.4. The summed E-state index contributed by atoms with van der Waals surface area (Å²) in [5.41, 5.74) is 2.28. The number of aryl methyl sites for hydroxylation is 2. The van der Waals surface area contributed by atoms with Gasteiger partial charge in [0, 0.05) is 26.1 Å². The van der Waals surface area contributed by atoms with Crippen molar-refractivity contribution >= 4 is 34.7 Å². The van der Waals surface area contributed by atoms with Crippen LogP contribution in [0.15, 0.2) is 17.5 Å². The van der Waals surface area contributed by atoms with Gasteiger partial charge in [-0.1, -0.05) is 6.07 Å². The first kappa shape index (κ1) is 20.1. The Balaban J connectivity index is 1.44. The summed E-state index contributed by atoms with van der Waals surface area (Å²) in [5.74, 6) is -0.576. The third-order valence-corrected chi connectivity index (χ3v) is 5.94. The van der Waals surface area contributed by atoms with Crippen LogP contribution >= 0.6 is 11.3 Å². The number of carbonyl (C=O) groups excluding carboxylic acids is 3. The number of amides is 3. The van der Waals surface area contributed by atoms with E-state index in [4.69, 9.17) is 0 Å². The summed E-state index contributed by atoms with van der Waals surface area (Å²) in [7, 11) is 1.81. The highest BCUT2D eigenvalue weighted by atomic mass is 32.1. The Labute approximate surface area is 167 Å². The number of likely N-dealkylation sites (tertiary alicyclic amines) is 1. The Hall–Kier alpha value is -2.68. The molecule has 0 saturated carbocycles. The molecule has 0 aromatic carbocycles. The molecule has 150 valence electrons. The largest absolute Gasteiger partial charge is 0.347 e. The number of rotatable bonds is 5. The number of hydrogen-bond acceptors (Lipinski definition) is 5. The number of carbonyl (C=O) groups is 3. The van der Waals surface area contributed by atoms with Gasteiger partial charge in [0.05, 0.1) is 28.5 Å². The number of nitrogens with zero attached hydrogens (tertiary/aromatic N) is 3. The van der Waals surface area contributed by atoms with Crippen LogP contribution in [0.1, 0.15) is 33.9 Å². The molecule has 0 bridgehead atoms. The van der Waals surface area contributed by atoms with Crippen molar-refractivity contribution in [1.82, 2.24) is 20.0 Å². The van der Waals surface area contributed by atoms with Gasteiger partial charge in [0.15, 0.2) is 0 Å². The highest BCUT2D eigenvalue weighted by Crippen LogP contribution is 2.21. The Morgan fingerprint density at radius 1 is 1.25 bits per heavy atom. The summed E-state index contributed by atoms with van der Waals surface area (Å²) < 4.78 is 1.70. The number of thiophene rings is 1. The normalized spacial score (nSPS) is 14.8. The van der Waals surface area contributed by atoms with Crippen molar-refractivity contribution in [2.24, 2.45) is 13.0 Å². The minimum atomic E-state index is -0.280. The van der Waals surface area contributed by atoms with Crippen molar-refractivity contribution in [1.29, 1.82) is 0 Å². The van der Waals surface area contributed by atoms with E-state index in [1.807, 2.05) is 38.4 Å². The van der Waals surface area contributed by atoms with Crippen molar-refractivity contribution in [3.63, 3.8) is 0 Å². The van der Waals surface area contributed by atoms with E-state index in [1.54, 1.807) is 9.58 Å². The van der Waals surface area contributed by atoms with Gasteiger partial charge in [-0.25, -0.2) is 0 Å². The van der Waals surface area contributed by atoms with Crippen LogP contribution in [0.25, 0.3) is 0 Å². The lowest BCUT2D eigenvalue weighted by Crippen LogP contribution is -2.44. The molecule has 2 aromatic heterocycles. The van der Waals surface area contributed by atoms with E-state index in [9.17, 15) is 14.4 Å². The zero-order valence-electron chi connectivity index (χ0n) is 16.3. The van der Waals surface area contributed by atoms with E-state index in [0.717, 1.165) is 16.3 Å². The maximum absolute atomic E-state index is 12.4. The van der Waals surface area contributed by atoms with Crippen LogP contribution in [0.5, 0.6) is 0 Å². The average molecular weight is 404 g/mol. The van der Waals surface area contributed by atoms with Gasteiger partial charge in [-0.05, 0) is 38.1 Å². The van der Waals surface area contributed by atoms with Crippen molar-refractivity contribution in [2.75, 3.05) is 25.0 Å². The summed E-state index contributed by atoms with van der Waals surface area (Å²) in [4.78, 5) is 39.4. The highest BCUT2D eigenvalue weighted by molar-refractivity contribution is 7.12. The number of piperidine rings is 1. The summed E-state index contributed by atoms with van der Waals surface area (Å²) in [6, 6.07) is 3.67. The van der Waals surface area contributed by atoms with E-state index < -0.39 is 0 Å². The molecule has 0 spiro atoms. The van der Waals surface area contributed by atoms with Gasteiger partial charge >= 0.3 is 0 Å². The van der Waals surface area contributed by atoms with Crippen LogP contribution < -0.4 is 10.6 Å². The zero-order valence-corrected chi connectivity index (χ0v) is 17.1. The predicted molar refractivity (Wildman–Crippen MR) is 107 cm³/mol. The van der Waals surface area contributed by atoms with Gasteiger partial charge in [-0.3, -0.25) is 19.1 Å². The second-order valence-electron chi connectivity index (χ2n) is 6.98. The van der Waals surface area contributed by atoms with Crippen LogP contribution in [0, 0.1) is 19.8 Å². The van der Waals surface area contributed by atoms with E-state index in [2.05, 4.69) is 15.7 Å². The zero-order chi connectivity index (χ0) is 20.3. The van der Waals surface area contributed by atoms with Gasteiger partial charge in [-0.2, -0.15) is 5.10 Å². The molecule has 2 aromatic rings. The van der Waals surface area contributed by atoms with Crippen molar-refractivity contribution in [3.05, 3.63) is 33.8 Å². The van der Waals surface area contributed by atoms with Crippen molar-refractivity contribution in [2.45, 2.75) is 26.7 Å². The summed E-state index contributed by atoms with van der Waals surface area (Å²) >= 11 is 1.43. The third-order valence-electron chi connectivity index (χ3n) is 5.08. The van der Waals surface area contributed by atoms with Crippen LogP contribution in [0.2, 0.25) is 0 Å². The Morgan fingerprint density at radius 3 is 2.54 bits per heavy atom. The van der Waals surface area contributed by atoms with Crippen LogP contribution in [0.4, 0.5) is 5.69 Å². The summed E-state index contributed by atoms with van der Waals surface area (Å²) in [5, 5.41) is 11.7. The topological polar surface area (TPSA) is 96.3 Å². The second kappa shape index (κ2) is 8.55. The van der Waals surface area contributed by atoms with Gasteiger partial charge in [-0.15, -0.1) is 11.3 Å². The molecule has 0 unspecified atom stereocenters. The van der Waals surface area contributed by atoms with E-state index >= 15 is 0 Å². The first-order valence-corrected chi connectivity index (χ1v) is 10.1. The monoisotopic (exact) mass is 403 g/mol. The number of anilines is 1. The molecule has 8 nitrogen and oxygen atoms in total. The first-order chi connectivity index (χ1) is 13.4. The van der Waals surface area contributed by atoms with Gasteiger partial charge in [0.2, 0.25) is 11.8 Å². The molecule has 0 aliphatic carbocycles. The Bertz CT molecular complexity index is 867. The van der Waals surface area contributed by atoms with E-state index in [-0.39, 0.29) is 30.2 Å². The Kier molecular flexibility index (Phi) is 6.13. The van der Waals surface area contributed by atoms with E-state index in [1.165, 1.54) is 11.3 Å². The number of aromatic nitrogens is 2. The van der Waals surface area contributed by atoms with Crippen molar-refractivity contribution in [3.8, 4) is 0 Å². The van der Waals surface area contributed by atoms with Crippen LogP contribution in [-0.4, -0.2) is 52.0 Å². The van der Waals surface area contributed by atoms with Gasteiger partial charge in [0.25, 0.3) is 5.91 Å². The highest BCUT2D eigenvalue weighted by Gasteiger charge is 2.28. The Morgan fingerprint density at radius 2 is 1.96 bits per heavy atom. The lowest BCUT2D eigenvalue weighted by Gasteiger charge is -2.31.